The molecule has 1 atom stereocenters. The van der Waals surface area contributed by atoms with Gasteiger partial charge in [0.05, 0.1) is 0 Å². The van der Waals surface area contributed by atoms with Crippen LogP contribution in [-0.2, 0) is 0 Å². The Morgan fingerprint density at radius 3 is 2.00 bits per heavy atom. The molecule has 0 rings (SSSR count). The van der Waals surface area contributed by atoms with Gasteiger partial charge in [-0.1, -0.05) is 39.5 Å². The van der Waals surface area contributed by atoms with Gasteiger partial charge in [0.25, 0.3) is 0 Å². The molecule has 0 saturated carbocycles. The fourth-order valence-corrected chi connectivity index (χ4v) is 1.72. The van der Waals surface area contributed by atoms with Crippen LogP contribution >= 0.6 is 0 Å². The first-order valence-corrected chi connectivity index (χ1v) is 6.30. The highest BCUT2D eigenvalue weighted by atomic mass is 16.3. The lowest BCUT2D eigenvalue weighted by Crippen LogP contribution is -2.19. The minimum atomic E-state index is -1.07. The average molecular weight is 268 g/mol. The zero-order chi connectivity index (χ0) is 15.2. The molecule has 0 aliphatic rings. The first-order valence-electron chi connectivity index (χ1n) is 6.30. The van der Waals surface area contributed by atoms with Gasteiger partial charge in [-0.25, -0.2) is 0 Å². The van der Waals surface area contributed by atoms with E-state index in [0.29, 0.717) is 0 Å². The van der Waals surface area contributed by atoms with Gasteiger partial charge in [0.15, 0.2) is 11.5 Å². The minimum Gasteiger partial charge on any atom is -0.509 e. The van der Waals surface area contributed by atoms with Crippen molar-refractivity contribution in [1.82, 2.24) is 0 Å². The predicted molar refractivity (Wildman–Crippen MR) is 77.0 cm³/mol. The Hall–Kier alpha value is -1.68. The van der Waals surface area contributed by atoms with E-state index in [9.17, 15) is 20.4 Å². The van der Waals surface area contributed by atoms with Gasteiger partial charge in [-0.3, -0.25) is 0 Å². The highest BCUT2D eigenvalue weighted by molar-refractivity contribution is 5.39. The third-order valence-electron chi connectivity index (χ3n) is 2.78. The van der Waals surface area contributed by atoms with E-state index in [1.165, 1.54) is 13.0 Å². The van der Waals surface area contributed by atoms with Crippen molar-refractivity contribution < 1.29 is 20.4 Å². The molecule has 0 aromatic carbocycles. The second kappa shape index (κ2) is 7.69. The number of hydrogen-bond donors (Lipinski definition) is 4. The highest BCUT2D eigenvalue weighted by Gasteiger charge is 2.22. The molecular formula is C15H24O4. The maximum Gasteiger partial charge on any atom is 0.195 e. The Kier molecular flexibility index (Phi) is 7.01. The smallest absolute Gasteiger partial charge is 0.195 e. The minimum absolute atomic E-state index is 0.0688. The zero-order valence-corrected chi connectivity index (χ0v) is 12.0. The summed E-state index contributed by atoms with van der Waals surface area (Å²) in [6.45, 7) is 10.6. The van der Waals surface area contributed by atoms with Crippen LogP contribution in [0, 0.1) is 5.92 Å². The number of rotatable bonds is 6. The monoisotopic (exact) mass is 268 g/mol. The van der Waals surface area contributed by atoms with E-state index < -0.39 is 23.4 Å². The van der Waals surface area contributed by atoms with Gasteiger partial charge in [0.2, 0.25) is 0 Å². The topological polar surface area (TPSA) is 80.9 Å². The van der Waals surface area contributed by atoms with E-state index in [0.717, 1.165) is 12.0 Å². The van der Waals surface area contributed by atoms with Gasteiger partial charge in [-0.2, -0.15) is 0 Å². The fourth-order valence-electron chi connectivity index (χ4n) is 1.72. The summed E-state index contributed by atoms with van der Waals surface area (Å²) in [5.74, 6) is -1.56. The van der Waals surface area contributed by atoms with E-state index in [1.807, 2.05) is 26.8 Å². The fraction of sp³-hybridized carbons (Fsp3) is 0.467. The summed E-state index contributed by atoms with van der Waals surface area (Å²) in [6, 6.07) is 0. The maximum atomic E-state index is 10.3. The van der Waals surface area contributed by atoms with Gasteiger partial charge in [0, 0.05) is 5.57 Å². The molecule has 0 heterocycles. The number of hydrogen-bond acceptors (Lipinski definition) is 4. The van der Waals surface area contributed by atoms with Crippen molar-refractivity contribution in [1.29, 1.82) is 0 Å². The highest BCUT2D eigenvalue weighted by Crippen LogP contribution is 2.25. The van der Waals surface area contributed by atoms with Crippen LogP contribution in [0.1, 0.15) is 34.1 Å². The van der Waals surface area contributed by atoms with Crippen LogP contribution in [0.2, 0.25) is 0 Å². The Morgan fingerprint density at radius 2 is 1.68 bits per heavy atom. The molecule has 0 spiro atoms. The van der Waals surface area contributed by atoms with E-state index >= 15 is 0 Å². The lowest BCUT2D eigenvalue weighted by atomic mass is 9.91. The molecule has 0 saturated heterocycles. The molecule has 0 fully saturated rings. The molecule has 0 amide bonds. The summed E-state index contributed by atoms with van der Waals surface area (Å²) in [7, 11) is 0. The van der Waals surface area contributed by atoms with Gasteiger partial charge < -0.3 is 20.4 Å². The first kappa shape index (κ1) is 17.3. The van der Waals surface area contributed by atoms with Crippen LogP contribution in [0.4, 0.5) is 0 Å². The number of aliphatic hydroxyl groups excluding tert-OH is 4. The standard InChI is InChI=1S/C15H24O4/c1-6-8-12(9(3)4)14(18)11(7-2)15(19)13(17)10(5)16/h7-9,14,16-19H,2,6H2,1,3-5H3/b12-8+,13-10-,15-11-. The summed E-state index contributed by atoms with van der Waals surface area (Å²) in [6.07, 6.45) is 2.82. The molecule has 4 nitrogen and oxygen atoms in total. The average Bonchev–Trinajstić information content (AvgIpc) is 2.34. The molecule has 108 valence electrons. The van der Waals surface area contributed by atoms with Crippen molar-refractivity contribution >= 4 is 0 Å². The van der Waals surface area contributed by atoms with Gasteiger partial charge in [-0.15, -0.1) is 0 Å². The number of allylic oxidation sites excluding steroid dienone is 2. The van der Waals surface area contributed by atoms with Crippen LogP contribution in [0.5, 0.6) is 0 Å². The second-order valence-electron chi connectivity index (χ2n) is 4.61. The molecule has 0 aliphatic heterocycles. The Labute approximate surface area is 114 Å². The Balaban J connectivity index is 5.73. The molecule has 4 N–H and O–H groups in total. The van der Waals surface area contributed by atoms with Crippen LogP contribution in [-0.4, -0.2) is 26.5 Å². The van der Waals surface area contributed by atoms with Crippen molar-refractivity contribution in [3.8, 4) is 0 Å². The molecule has 0 aromatic heterocycles. The van der Waals surface area contributed by atoms with Crippen LogP contribution in [0.15, 0.2) is 47.2 Å². The molecule has 19 heavy (non-hydrogen) atoms. The molecule has 1 unspecified atom stereocenters. The third kappa shape index (κ3) is 4.48. The summed E-state index contributed by atoms with van der Waals surface area (Å²) < 4.78 is 0. The van der Waals surface area contributed by atoms with Crippen LogP contribution in [0.3, 0.4) is 0 Å². The van der Waals surface area contributed by atoms with E-state index in [4.69, 9.17) is 0 Å². The SMILES string of the molecule is C=C/C(=C(O)\C(O)=C(/C)O)C(O)/C(=C/CC)C(C)C. The largest absolute Gasteiger partial charge is 0.509 e. The summed E-state index contributed by atoms with van der Waals surface area (Å²) in [5.41, 5.74) is 0.798. The lowest BCUT2D eigenvalue weighted by molar-refractivity contribution is 0.222. The normalized spacial score (nSPS) is 16.8. The second-order valence-corrected chi connectivity index (χ2v) is 4.61. The van der Waals surface area contributed by atoms with Crippen molar-refractivity contribution in [3.05, 3.63) is 47.2 Å². The summed E-state index contributed by atoms with van der Waals surface area (Å²) >= 11 is 0. The van der Waals surface area contributed by atoms with Crippen molar-refractivity contribution in [2.75, 3.05) is 0 Å². The van der Waals surface area contributed by atoms with Gasteiger partial charge >= 0.3 is 0 Å². The molecule has 4 heteroatoms. The number of aliphatic hydroxyl groups is 4. The van der Waals surface area contributed by atoms with E-state index in [1.54, 1.807) is 0 Å². The van der Waals surface area contributed by atoms with Crippen LogP contribution < -0.4 is 0 Å². The van der Waals surface area contributed by atoms with Crippen molar-refractivity contribution in [3.63, 3.8) is 0 Å². The van der Waals surface area contributed by atoms with Crippen molar-refractivity contribution in [2.24, 2.45) is 5.92 Å². The van der Waals surface area contributed by atoms with Gasteiger partial charge in [0.1, 0.15) is 11.9 Å². The van der Waals surface area contributed by atoms with Gasteiger partial charge in [-0.05, 0) is 24.8 Å². The van der Waals surface area contributed by atoms with Crippen molar-refractivity contribution in [2.45, 2.75) is 40.2 Å². The first-order chi connectivity index (χ1) is 8.77. The van der Waals surface area contributed by atoms with E-state index in [-0.39, 0.29) is 11.5 Å². The maximum absolute atomic E-state index is 10.3. The summed E-state index contributed by atoms with van der Waals surface area (Å²) in [5, 5.41) is 38.9. The Bertz CT molecular complexity index is 410. The quantitative estimate of drug-likeness (QED) is 0.336. The molecule has 0 radical (unpaired) electrons. The lowest BCUT2D eigenvalue weighted by Gasteiger charge is -2.20. The molecule has 0 bridgehead atoms. The summed E-state index contributed by atoms with van der Waals surface area (Å²) in [4.78, 5) is 0. The molecular weight excluding hydrogens is 244 g/mol. The van der Waals surface area contributed by atoms with Crippen LogP contribution in [0.25, 0.3) is 0 Å². The van der Waals surface area contributed by atoms with E-state index in [2.05, 4.69) is 6.58 Å². The molecule has 0 aliphatic carbocycles. The zero-order valence-electron chi connectivity index (χ0n) is 12.0. The molecule has 0 aromatic rings. The third-order valence-corrected chi connectivity index (χ3v) is 2.78. The predicted octanol–water partition coefficient (Wildman–Crippen LogP) is 3.69. The Morgan fingerprint density at radius 1 is 1.16 bits per heavy atom.